The van der Waals surface area contributed by atoms with Crippen molar-refractivity contribution in [2.24, 2.45) is 0 Å². The van der Waals surface area contributed by atoms with E-state index >= 15 is 0 Å². The maximum Gasteiger partial charge on any atom is 0.263 e. The second kappa shape index (κ2) is 8.22. The van der Waals surface area contributed by atoms with Crippen molar-refractivity contribution in [3.63, 3.8) is 0 Å². The van der Waals surface area contributed by atoms with Crippen LogP contribution in [0.3, 0.4) is 0 Å². The maximum atomic E-state index is 13.8. The molecule has 28 heavy (non-hydrogen) atoms. The Morgan fingerprint density at radius 3 is 3.04 bits per heavy atom. The number of amides is 1. The van der Waals surface area contributed by atoms with Crippen LogP contribution in [-0.4, -0.2) is 46.5 Å². The van der Waals surface area contributed by atoms with E-state index in [1.54, 1.807) is 24.0 Å². The van der Waals surface area contributed by atoms with Gasteiger partial charge in [-0.15, -0.1) is 0 Å². The highest BCUT2D eigenvalue weighted by Crippen LogP contribution is 2.24. The van der Waals surface area contributed by atoms with Gasteiger partial charge in [0.15, 0.2) is 17.7 Å². The predicted octanol–water partition coefficient (Wildman–Crippen LogP) is 2.43. The first-order chi connectivity index (χ1) is 13.6. The zero-order valence-corrected chi connectivity index (χ0v) is 16.0. The van der Waals surface area contributed by atoms with E-state index in [0.717, 1.165) is 43.0 Å². The Hall–Kier alpha value is -2.54. The van der Waals surface area contributed by atoms with Gasteiger partial charge in [0, 0.05) is 43.7 Å². The molecule has 1 fully saturated rings. The number of nitrogens with one attached hydrogen (secondary N) is 1. The summed E-state index contributed by atoms with van der Waals surface area (Å²) in [6.45, 7) is 4.68. The lowest BCUT2D eigenvalue weighted by atomic mass is 9.98. The van der Waals surface area contributed by atoms with Crippen molar-refractivity contribution in [1.82, 2.24) is 20.2 Å². The number of carbonyl (C=O) groups is 1. The van der Waals surface area contributed by atoms with Crippen LogP contribution < -0.4 is 10.1 Å². The lowest BCUT2D eigenvalue weighted by Crippen LogP contribution is -2.43. The molecule has 2 atom stereocenters. The predicted molar refractivity (Wildman–Crippen MR) is 102 cm³/mol. The standard InChI is InChI=1S/C21H25FN4O2/c1-14(28-19-7-3-2-6-17(19)22)21(27)26-10-8-18-16(13-26)12-24-20(25-18)15-5-4-9-23-11-15/h2-3,6-7,12,14-15,23H,4-5,8-11,13H2,1H3/t14-,15-/m1/s1. The Labute approximate surface area is 164 Å². The van der Waals surface area contributed by atoms with Crippen molar-refractivity contribution < 1.29 is 13.9 Å². The highest BCUT2D eigenvalue weighted by atomic mass is 19.1. The lowest BCUT2D eigenvalue weighted by molar-refractivity contribution is -0.139. The average molecular weight is 384 g/mol. The Morgan fingerprint density at radius 1 is 1.39 bits per heavy atom. The Morgan fingerprint density at radius 2 is 2.25 bits per heavy atom. The molecular weight excluding hydrogens is 359 g/mol. The number of rotatable bonds is 4. The number of benzene rings is 1. The van der Waals surface area contributed by atoms with Crippen LogP contribution in [0.4, 0.5) is 4.39 Å². The number of ether oxygens (including phenoxy) is 1. The molecule has 0 radical (unpaired) electrons. The third-order valence-corrected chi connectivity index (χ3v) is 5.41. The number of hydrogen-bond donors (Lipinski definition) is 1. The van der Waals surface area contributed by atoms with Crippen LogP contribution in [0.15, 0.2) is 30.5 Å². The van der Waals surface area contributed by atoms with Crippen molar-refractivity contribution in [1.29, 1.82) is 0 Å². The molecule has 148 valence electrons. The fourth-order valence-electron chi connectivity index (χ4n) is 3.83. The second-order valence-electron chi connectivity index (χ2n) is 7.44. The molecule has 0 aliphatic carbocycles. The minimum absolute atomic E-state index is 0.0924. The molecule has 1 N–H and O–H groups in total. The number of halogens is 1. The monoisotopic (exact) mass is 384 g/mol. The normalized spacial score (nSPS) is 20.4. The van der Waals surface area contributed by atoms with E-state index in [4.69, 9.17) is 9.72 Å². The van der Waals surface area contributed by atoms with Crippen molar-refractivity contribution in [2.45, 2.75) is 44.8 Å². The number of hydrogen-bond acceptors (Lipinski definition) is 5. The number of aromatic nitrogens is 2. The summed E-state index contributed by atoms with van der Waals surface area (Å²) in [7, 11) is 0. The van der Waals surface area contributed by atoms with Gasteiger partial charge in [0.05, 0.1) is 5.69 Å². The van der Waals surface area contributed by atoms with E-state index in [1.807, 2.05) is 6.20 Å². The SMILES string of the molecule is C[C@@H](Oc1ccccc1F)C(=O)N1CCc2nc([C@@H]3CCCNC3)ncc2C1. The van der Waals surface area contributed by atoms with Crippen LogP contribution in [0.5, 0.6) is 5.75 Å². The fourth-order valence-corrected chi connectivity index (χ4v) is 3.83. The summed E-state index contributed by atoms with van der Waals surface area (Å²) in [5, 5.41) is 3.40. The van der Waals surface area contributed by atoms with Gasteiger partial charge in [-0.2, -0.15) is 0 Å². The van der Waals surface area contributed by atoms with E-state index < -0.39 is 11.9 Å². The van der Waals surface area contributed by atoms with Crippen molar-refractivity contribution in [3.05, 3.63) is 53.4 Å². The number of nitrogens with zero attached hydrogens (tertiary/aromatic N) is 3. The first kappa shape index (κ1) is 18.8. The zero-order chi connectivity index (χ0) is 19.5. The second-order valence-corrected chi connectivity index (χ2v) is 7.44. The smallest absolute Gasteiger partial charge is 0.263 e. The third kappa shape index (κ3) is 3.99. The molecule has 1 saturated heterocycles. The largest absolute Gasteiger partial charge is 0.478 e. The zero-order valence-electron chi connectivity index (χ0n) is 16.0. The van der Waals surface area contributed by atoms with Gasteiger partial charge in [-0.05, 0) is 38.4 Å². The van der Waals surface area contributed by atoms with E-state index in [2.05, 4.69) is 10.3 Å². The van der Waals surface area contributed by atoms with E-state index in [0.29, 0.717) is 25.4 Å². The van der Waals surface area contributed by atoms with Gasteiger partial charge in [-0.25, -0.2) is 14.4 Å². The Balaban J connectivity index is 1.41. The summed E-state index contributed by atoms with van der Waals surface area (Å²) in [6, 6.07) is 6.12. The molecule has 6 nitrogen and oxygen atoms in total. The molecule has 2 aliphatic rings. The molecule has 0 unspecified atom stereocenters. The molecule has 1 aromatic heterocycles. The van der Waals surface area contributed by atoms with Crippen molar-refractivity contribution in [3.8, 4) is 5.75 Å². The molecule has 1 amide bonds. The summed E-state index contributed by atoms with van der Waals surface area (Å²) in [5.41, 5.74) is 2.01. The van der Waals surface area contributed by atoms with Gasteiger partial charge < -0.3 is 15.0 Å². The summed E-state index contributed by atoms with van der Waals surface area (Å²) >= 11 is 0. The number of para-hydroxylation sites is 1. The van der Waals surface area contributed by atoms with Gasteiger partial charge in [-0.3, -0.25) is 4.79 Å². The van der Waals surface area contributed by atoms with Crippen LogP contribution in [0, 0.1) is 5.82 Å². The summed E-state index contributed by atoms with van der Waals surface area (Å²) < 4.78 is 19.3. The third-order valence-electron chi connectivity index (χ3n) is 5.41. The molecule has 0 bridgehead atoms. The van der Waals surface area contributed by atoms with Crippen molar-refractivity contribution >= 4 is 5.91 Å². The van der Waals surface area contributed by atoms with Crippen LogP contribution in [0.1, 0.15) is 42.8 Å². The molecule has 0 saturated carbocycles. The molecular formula is C21H25FN4O2. The number of fused-ring (bicyclic) bond motifs is 1. The minimum Gasteiger partial charge on any atom is -0.478 e. The minimum atomic E-state index is -0.757. The molecule has 1 aromatic carbocycles. The van der Waals surface area contributed by atoms with Gasteiger partial charge in [0.2, 0.25) is 0 Å². The first-order valence-electron chi connectivity index (χ1n) is 9.87. The van der Waals surface area contributed by atoms with Gasteiger partial charge in [-0.1, -0.05) is 12.1 Å². The van der Waals surface area contributed by atoms with Gasteiger partial charge >= 0.3 is 0 Å². The summed E-state index contributed by atoms with van der Waals surface area (Å²) in [4.78, 5) is 23.9. The van der Waals surface area contributed by atoms with Crippen LogP contribution in [-0.2, 0) is 17.8 Å². The number of carbonyl (C=O) groups excluding carboxylic acids is 1. The maximum absolute atomic E-state index is 13.8. The average Bonchev–Trinajstić information content (AvgIpc) is 2.74. The van der Waals surface area contributed by atoms with Gasteiger partial charge in [0.25, 0.3) is 5.91 Å². The number of piperidine rings is 1. The van der Waals surface area contributed by atoms with Gasteiger partial charge in [0.1, 0.15) is 5.82 Å². The molecule has 4 rings (SSSR count). The lowest BCUT2D eigenvalue weighted by Gasteiger charge is -2.31. The van der Waals surface area contributed by atoms with Crippen LogP contribution >= 0.6 is 0 Å². The molecule has 7 heteroatoms. The summed E-state index contributed by atoms with van der Waals surface area (Å²) in [5.74, 6) is 0.739. The highest BCUT2D eigenvalue weighted by Gasteiger charge is 2.28. The van der Waals surface area contributed by atoms with E-state index in [9.17, 15) is 9.18 Å². The topological polar surface area (TPSA) is 67.3 Å². The molecule has 3 heterocycles. The highest BCUT2D eigenvalue weighted by molar-refractivity contribution is 5.81. The Bertz CT molecular complexity index is 854. The van der Waals surface area contributed by atoms with E-state index in [1.165, 1.54) is 12.1 Å². The molecule has 2 aromatic rings. The molecule has 0 spiro atoms. The first-order valence-corrected chi connectivity index (χ1v) is 9.87. The quantitative estimate of drug-likeness (QED) is 0.877. The van der Waals surface area contributed by atoms with Crippen LogP contribution in [0.2, 0.25) is 0 Å². The summed E-state index contributed by atoms with van der Waals surface area (Å²) in [6.07, 6.45) is 4.05. The van der Waals surface area contributed by atoms with Crippen LogP contribution in [0.25, 0.3) is 0 Å². The fraction of sp³-hybridized carbons (Fsp3) is 0.476. The Kier molecular flexibility index (Phi) is 5.52. The molecule has 2 aliphatic heterocycles. The van der Waals surface area contributed by atoms with Crippen molar-refractivity contribution in [2.75, 3.05) is 19.6 Å². The van der Waals surface area contributed by atoms with E-state index in [-0.39, 0.29) is 11.7 Å².